The standard InChI is InChI=1S/C15H25NO3/c1-14(6-2-3-7-14)11-16-12(17)10-15(13(18)19)8-4-5-9-15/h2-11H2,1H3,(H,16,17)(H,18,19). The van der Waals surface area contributed by atoms with Crippen molar-refractivity contribution in [1.82, 2.24) is 5.32 Å². The third-order valence-electron chi connectivity index (χ3n) is 5.04. The Kier molecular flexibility index (Phi) is 4.16. The summed E-state index contributed by atoms with van der Waals surface area (Å²) >= 11 is 0. The van der Waals surface area contributed by atoms with E-state index in [9.17, 15) is 14.7 Å². The van der Waals surface area contributed by atoms with E-state index in [-0.39, 0.29) is 17.7 Å². The maximum atomic E-state index is 12.0. The Bertz CT molecular complexity index is 352. The highest BCUT2D eigenvalue weighted by Gasteiger charge is 2.43. The molecule has 0 unspecified atom stereocenters. The van der Waals surface area contributed by atoms with Crippen LogP contribution in [0.4, 0.5) is 0 Å². The molecule has 19 heavy (non-hydrogen) atoms. The van der Waals surface area contributed by atoms with E-state index in [2.05, 4.69) is 12.2 Å². The van der Waals surface area contributed by atoms with Crippen LogP contribution in [0, 0.1) is 10.8 Å². The first kappa shape index (κ1) is 14.4. The van der Waals surface area contributed by atoms with Gasteiger partial charge in [-0.3, -0.25) is 9.59 Å². The lowest BCUT2D eigenvalue weighted by molar-refractivity contribution is -0.151. The first-order valence-corrected chi connectivity index (χ1v) is 7.46. The minimum Gasteiger partial charge on any atom is -0.481 e. The predicted octanol–water partition coefficient (Wildman–Crippen LogP) is 2.72. The molecule has 0 aliphatic heterocycles. The van der Waals surface area contributed by atoms with E-state index < -0.39 is 11.4 Å². The van der Waals surface area contributed by atoms with Crippen LogP contribution in [-0.4, -0.2) is 23.5 Å². The Hall–Kier alpha value is -1.06. The van der Waals surface area contributed by atoms with Crippen molar-refractivity contribution in [2.24, 2.45) is 10.8 Å². The predicted molar refractivity (Wildman–Crippen MR) is 72.7 cm³/mol. The third-order valence-corrected chi connectivity index (χ3v) is 5.04. The molecule has 4 heteroatoms. The van der Waals surface area contributed by atoms with Gasteiger partial charge in [0, 0.05) is 13.0 Å². The second-order valence-electron chi connectivity index (χ2n) is 6.76. The summed E-state index contributed by atoms with van der Waals surface area (Å²) < 4.78 is 0. The first-order chi connectivity index (χ1) is 8.96. The minimum atomic E-state index is -0.799. The molecule has 2 saturated carbocycles. The maximum absolute atomic E-state index is 12.0. The fourth-order valence-corrected chi connectivity index (χ4v) is 3.61. The molecule has 4 nitrogen and oxygen atoms in total. The van der Waals surface area contributed by atoms with Crippen LogP contribution >= 0.6 is 0 Å². The second-order valence-corrected chi connectivity index (χ2v) is 6.76. The molecule has 2 N–H and O–H groups in total. The molecule has 2 aliphatic rings. The van der Waals surface area contributed by atoms with Gasteiger partial charge >= 0.3 is 5.97 Å². The number of carboxylic acids is 1. The van der Waals surface area contributed by atoms with E-state index in [1.54, 1.807) is 0 Å². The number of amides is 1. The van der Waals surface area contributed by atoms with Gasteiger partial charge in [0.2, 0.25) is 5.91 Å². The normalized spacial score (nSPS) is 24.3. The highest BCUT2D eigenvalue weighted by atomic mass is 16.4. The molecule has 1 amide bonds. The van der Waals surface area contributed by atoms with Crippen molar-refractivity contribution < 1.29 is 14.7 Å². The quantitative estimate of drug-likeness (QED) is 0.805. The molecule has 2 rings (SSSR count). The lowest BCUT2D eigenvalue weighted by Gasteiger charge is -2.26. The van der Waals surface area contributed by atoms with Crippen molar-refractivity contribution in [2.75, 3.05) is 6.54 Å². The lowest BCUT2D eigenvalue weighted by Crippen LogP contribution is -2.39. The van der Waals surface area contributed by atoms with Gasteiger partial charge in [0.15, 0.2) is 0 Å². The highest BCUT2D eigenvalue weighted by Crippen LogP contribution is 2.41. The van der Waals surface area contributed by atoms with Crippen LogP contribution in [0.1, 0.15) is 64.7 Å². The summed E-state index contributed by atoms with van der Waals surface area (Å²) in [5.41, 5.74) is -0.567. The number of hydrogen-bond donors (Lipinski definition) is 2. The zero-order valence-corrected chi connectivity index (χ0v) is 11.8. The maximum Gasteiger partial charge on any atom is 0.310 e. The zero-order valence-electron chi connectivity index (χ0n) is 11.8. The van der Waals surface area contributed by atoms with Crippen LogP contribution < -0.4 is 5.32 Å². The number of rotatable bonds is 5. The Morgan fingerprint density at radius 2 is 1.58 bits per heavy atom. The topological polar surface area (TPSA) is 66.4 Å². The molecular weight excluding hydrogens is 242 g/mol. The van der Waals surface area contributed by atoms with Crippen molar-refractivity contribution in [1.29, 1.82) is 0 Å². The van der Waals surface area contributed by atoms with Gasteiger partial charge in [0.25, 0.3) is 0 Å². The van der Waals surface area contributed by atoms with E-state index in [0.29, 0.717) is 19.4 Å². The summed E-state index contributed by atoms with van der Waals surface area (Å²) in [7, 11) is 0. The van der Waals surface area contributed by atoms with Crippen LogP contribution in [-0.2, 0) is 9.59 Å². The fraction of sp³-hybridized carbons (Fsp3) is 0.867. The van der Waals surface area contributed by atoms with Crippen LogP contribution in [0.15, 0.2) is 0 Å². The monoisotopic (exact) mass is 267 g/mol. The molecule has 0 saturated heterocycles. The summed E-state index contributed by atoms with van der Waals surface area (Å²) in [5.74, 6) is -0.885. The van der Waals surface area contributed by atoms with Crippen molar-refractivity contribution in [3.8, 4) is 0 Å². The minimum absolute atomic E-state index is 0.0857. The van der Waals surface area contributed by atoms with Crippen LogP contribution in [0.5, 0.6) is 0 Å². The van der Waals surface area contributed by atoms with Crippen molar-refractivity contribution in [3.05, 3.63) is 0 Å². The van der Waals surface area contributed by atoms with E-state index in [4.69, 9.17) is 0 Å². The SMILES string of the molecule is CC1(CNC(=O)CC2(C(=O)O)CCCC2)CCCC1. The molecule has 0 bridgehead atoms. The van der Waals surface area contributed by atoms with Gasteiger partial charge in [0.05, 0.1) is 5.41 Å². The van der Waals surface area contributed by atoms with E-state index >= 15 is 0 Å². The first-order valence-electron chi connectivity index (χ1n) is 7.46. The summed E-state index contributed by atoms with van der Waals surface area (Å²) in [6.07, 6.45) is 8.11. The van der Waals surface area contributed by atoms with Crippen molar-refractivity contribution in [3.63, 3.8) is 0 Å². The number of carboxylic acid groups (broad SMARTS) is 1. The summed E-state index contributed by atoms with van der Waals surface area (Å²) in [4.78, 5) is 23.4. The van der Waals surface area contributed by atoms with Gasteiger partial charge < -0.3 is 10.4 Å². The molecule has 0 radical (unpaired) electrons. The molecule has 0 heterocycles. The van der Waals surface area contributed by atoms with Crippen molar-refractivity contribution in [2.45, 2.75) is 64.7 Å². The van der Waals surface area contributed by atoms with E-state index in [1.807, 2.05) is 0 Å². The van der Waals surface area contributed by atoms with Gasteiger partial charge in [-0.05, 0) is 31.1 Å². The molecule has 2 fully saturated rings. The number of nitrogens with one attached hydrogen (secondary N) is 1. The Labute approximate surface area is 115 Å². The molecular formula is C15H25NO3. The average molecular weight is 267 g/mol. The lowest BCUT2D eigenvalue weighted by atomic mass is 9.82. The van der Waals surface area contributed by atoms with Crippen LogP contribution in [0.2, 0.25) is 0 Å². The highest BCUT2D eigenvalue weighted by molar-refractivity contribution is 5.85. The number of carbonyl (C=O) groups is 2. The smallest absolute Gasteiger partial charge is 0.310 e. The Morgan fingerprint density at radius 1 is 1.05 bits per heavy atom. The van der Waals surface area contributed by atoms with Gasteiger partial charge in [-0.25, -0.2) is 0 Å². The number of carbonyl (C=O) groups excluding carboxylic acids is 1. The Balaban J connectivity index is 1.85. The van der Waals surface area contributed by atoms with Gasteiger partial charge in [-0.15, -0.1) is 0 Å². The number of aliphatic carboxylic acids is 1. The molecule has 0 atom stereocenters. The molecule has 2 aliphatic carbocycles. The Morgan fingerprint density at radius 3 is 2.11 bits per heavy atom. The molecule has 0 spiro atoms. The average Bonchev–Trinajstić information content (AvgIpc) is 2.98. The summed E-state index contributed by atoms with van der Waals surface area (Å²) in [6, 6.07) is 0. The van der Waals surface area contributed by atoms with Gasteiger partial charge in [-0.1, -0.05) is 32.6 Å². The summed E-state index contributed by atoms with van der Waals surface area (Å²) in [5, 5.41) is 12.3. The van der Waals surface area contributed by atoms with Gasteiger partial charge in [0.1, 0.15) is 0 Å². The van der Waals surface area contributed by atoms with Crippen LogP contribution in [0.3, 0.4) is 0 Å². The zero-order chi connectivity index (χ0) is 13.9. The fourth-order valence-electron chi connectivity index (χ4n) is 3.61. The molecule has 0 aromatic heterocycles. The molecule has 108 valence electrons. The number of hydrogen-bond acceptors (Lipinski definition) is 2. The van der Waals surface area contributed by atoms with Crippen molar-refractivity contribution >= 4 is 11.9 Å². The van der Waals surface area contributed by atoms with Crippen LogP contribution in [0.25, 0.3) is 0 Å². The largest absolute Gasteiger partial charge is 0.481 e. The van der Waals surface area contributed by atoms with Gasteiger partial charge in [-0.2, -0.15) is 0 Å². The van der Waals surface area contributed by atoms with E-state index in [1.165, 1.54) is 12.8 Å². The summed E-state index contributed by atoms with van der Waals surface area (Å²) in [6.45, 7) is 2.91. The third kappa shape index (κ3) is 3.28. The molecule has 0 aromatic rings. The van der Waals surface area contributed by atoms with E-state index in [0.717, 1.165) is 25.7 Å². The second kappa shape index (κ2) is 5.51. The molecule has 0 aromatic carbocycles.